The van der Waals surface area contributed by atoms with Crippen LogP contribution in [0.2, 0.25) is 0 Å². The van der Waals surface area contributed by atoms with Crippen LogP contribution in [0.3, 0.4) is 0 Å². The largest absolute Gasteiger partial charge is 0.299 e. The third-order valence-corrected chi connectivity index (χ3v) is 5.02. The van der Waals surface area contributed by atoms with Gasteiger partial charge in [-0.25, -0.2) is 0 Å². The predicted molar refractivity (Wildman–Crippen MR) is 110 cm³/mol. The Labute approximate surface area is 163 Å². The standard InChI is InChI=1S/C20H16Br2N2O/c1-13(14-5-4-6-16(21)11-14)23-24-20(25)12-15-9-10-19(22)18-8-3-2-7-17(15)18/h2-11,23H,1,12H2,(H,24,25). The second kappa shape index (κ2) is 7.85. The molecule has 0 saturated carbocycles. The maximum absolute atomic E-state index is 12.3. The van der Waals surface area contributed by atoms with Gasteiger partial charge in [0.15, 0.2) is 0 Å². The van der Waals surface area contributed by atoms with Crippen LogP contribution in [0.1, 0.15) is 11.1 Å². The highest BCUT2D eigenvalue weighted by molar-refractivity contribution is 9.11. The van der Waals surface area contributed by atoms with Gasteiger partial charge in [0.05, 0.1) is 12.1 Å². The van der Waals surface area contributed by atoms with Crippen molar-refractivity contribution in [2.75, 3.05) is 0 Å². The monoisotopic (exact) mass is 458 g/mol. The molecule has 0 spiro atoms. The van der Waals surface area contributed by atoms with Crippen LogP contribution < -0.4 is 10.9 Å². The van der Waals surface area contributed by atoms with Gasteiger partial charge in [0, 0.05) is 8.95 Å². The summed E-state index contributed by atoms with van der Waals surface area (Å²) in [5, 5.41) is 2.16. The van der Waals surface area contributed by atoms with Crippen LogP contribution in [-0.2, 0) is 11.2 Å². The van der Waals surface area contributed by atoms with E-state index in [-0.39, 0.29) is 12.3 Å². The third-order valence-electron chi connectivity index (χ3n) is 3.84. The van der Waals surface area contributed by atoms with E-state index < -0.39 is 0 Å². The summed E-state index contributed by atoms with van der Waals surface area (Å²) in [5.41, 5.74) is 8.11. The molecule has 0 unspecified atom stereocenters. The number of rotatable bonds is 5. The topological polar surface area (TPSA) is 41.1 Å². The molecule has 3 nitrogen and oxygen atoms in total. The number of nitrogens with one attached hydrogen (secondary N) is 2. The average Bonchev–Trinajstić information content (AvgIpc) is 2.62. The molecule has 0 aromatic heterocycles. The molecule has 0 aliphatic carbocycles. The van der Waals surface area contributed by atoms with Crippen molar-refractivity contribution in [1.29, 1.82) is 0 Å². The summed E-state index contributed by atoms with van der Waals surface area (Å²) < 4.78 is 1.98. The molecule has 3 aromatic rings. The number of benzene rings is 3. The molecular formula is C20H16Br2N2O. The van der Waals surface area contributed by atoms with E-state index in [4.69, 9.17) is 0 Å². The van der Waals surface area contributed by atoms with Crippen molar-refractivity contribution < 1.29 is 4.79 Å². The van der Waals surface area contributed by atoms with Crippen LogP contribution in [0.5, 0.6) is 0 Å². The van der Waals surface area contributed by atoms with Crippen LogP contribution in [-0.4, -0.2) is 5.91 Å². The molecule has 0 fully saturated rings. The van der Waals surface area contributed by atoms with E-state index in [0.29, 0.717) is 5.70 Å². The molecule has 1 amide bonds. The predicted octanol–water partition coefficient (Wildman–Crippen LogP) is 5.20. The highest BCUT2D eigenvalue weighted by atomic mass is 79.9. The molecule has 0 saturated heterocycles. The highest BCUT2D eigenvalue weighted by Crippen LogP contribution is 2.27. The number of hydrazine groups is 1. The summed E-state index contributed by atoms with van der Waals surface area (Å²) in [6.07, 6.45) is 0.284. The van der Waals surface area contributed by atoms with E-state index in [1.807, 2.05) is 60.7 Å². The number of halogens is 2. The average molecular weight is 460 g/mol. The van der Waals surface area contributed by atoms with E-state index >= 15 is 0 Å². The highest BCUT2D eigenvalue weighted by Gasteiger charge is 2.09. The van der Waals surface area contributed by atoms with Gasteiger partial charge in [0.2, 0.25) is 5.91 Å². The fourth-order valence-corrected chi connectivity index (χ4v) is 3.47. The number of carbonyl (C=O) groups excluding carboxylic acids is 1. The van der Waals surface area contributed by atoms with Crippen molar-refractivity contribution in [3.05, 3.63) is 87.3 Å². The van der Waals surface area contributed by atoms with Crippen molar-refractivity contribution in [1.82, 2.24) is 10.9 Å². The lowest BCUT2D eigenvalue weighted by Crippen LogP contribution is -2.36. The number of carbonyl (C=O) groups is 1. The van der Waals surface area contributed by atoms with E-state index in [2.05, 4.69) is 49.3 Å². The molecule has 0 heterocycles. The molecule has 0 aliphatic heterocycles. The quantitative estimate of drug-likeness (QED) is 0.515. The maximum Gasteiger partial charge on any atom is 0.242 e. The molecule has 0 aliphatic rings. The van der Waals surface area contributed by atoms with Crippen LogP contribution >= 0.6 is 31.9 Å². The lowest BCUT2D eigenvalue weighted by molar-refractivity contribution is -0.121. The Morgan fingerprint density at radius 1 is 0.920 bits per heavy atom. The number of amides is 1. The lowest BCUT2D eigenvalue weighted by Gasteiger charge is -2.13. The Morgan fingerprint density at radius 2 is 1.68 bits per heavy atom. The van der Waals surface area contributed by atoms with Gasteiger partial charge >= 0.3 is 0 Å². The van der Waals surface area contributed by atoms with Crippen molar-refractivity contribution in [3.63, 3.8) is 0 Å². The second-order valence-electron chi connectivity index (χ2n) is 5.59. The number of hydrogen-bond acceptors (Lipinski definition) is 2. The number of hydrogen-bond donors (Lipinski definition) is 2. The summed E-state index contributed by atoms with van der Waals surface area (Å²) >= 11 is 6.97. The van der Waals surface area contributed by atoms with E-state index in [1.54, 1.807) is 0 Å². The van der Waals surface area contributed by atoms with E-state index in [0.717, 1.165) is 30.8 Å². The first kappa shape index (κ1) is 17.7. The van der Waals surface area contributed by atoms with Gasteiger partial charge in [-0.15, -0.1) is 0 Å². The van der Waals surface area contributed by atoms with E-state index in [9.17, 15) is 4.79 Å². The molecule has 0 bridgehead atoms. The minimum Gasteiger partial charge on any atom is -0.299 e. The lowest BCUT2D eigenvalue weighted by atomic mass is 10.0. The summed E-state index contributed by atoms with van der Waals surface area (Å²) in [7, 11) is 0. The SMILES string of the molecule is C=C(NNC(=O)Cc1ccc(Br)c2ccccc12)c1cccc(Br)c1. The first-order chi connectivity index (χ1) is 12.0. The Morgan fingerprint density at radius 3 is 2.44 bits per heavy atom. The fraction of sp³-hybridized carbons (Fsp3) is 0.0500. The zero-order valence-electron chi connectivity index (χ0n) is 13.4. The molecule has 3 aromatic carbocycles. The van der Waals surface area contributed by atoms with Crippen molar-refractivity contribution >= 4 is 54.2 Å². The van der Waals surface area contributed by atoms with Gasteiger partial charge in [0.25, 0.3) is 0 Å². The van der Waals surface area contributed by atoms with Gasteiger partial charge in [-0.1, -0.05) is 80.9 Å². The molecule has 0 atom stereocenters. The first-order valence-corrected chi connectivity index (χ1v) is 9.29. The first-order valence-electron chi connectivity index (χ1n) is 7.70. The molecular weight excluding hydrogens is 444 g/mol. The molecule has 25 heavy (non-hydrogen) atoms. The van der Waals surface area contributed by atoms with Gasteiger partial charge in [-0.05, 0) is 40.1 Å². The van der Waals surface area contributed by atoms with Gasteiger partial charge < -0.3 is 0 Å². The summed E-state index contributed by atoms with van der Waals surface area (Å²) in [6, 6.07) is 19.7. The Hall–Kier alpha value is -2.11. The Balaban J connectivity index is 1.67. The fourth-order valence-electron chi connectivity index (χ4n) is 2.59. The Bertz CT molecular complexity index is 953. The smallest absolute Gasteiger partial charge is 0.242 e. The normalized spacial score (nSPS) is 10.5. The Kier molecular flexibility index (Phi) is 5.56. The van der Waals surface area contributed by atoms with Crippen molar-refractivity contribution in [2.24, 2.45) is 0 Å². The third kappa shape index (κ3) is 4.30. The zero-order valence-corrected chi connectivity index (χ0v) is 16.5. The van der Waals surface area contributed by atoms with Gasteiger partial charge in [-0.3, -0.25) is 15.6 Å². The van der Waals surface area contributed by atoms with Crippen LogP contribution in [0.15, 0.2) is 76.2 Å². The number of fused-ring (bicyclic) bond motifs is 1. The summed E-state index contributed by atoms with van der Waals surface area (Å²) in [5.74, 6) is -0.122. The van der Waals surface area contributed by atoms with Gasteiger partial charge in [0.1, 0.15) is 0 Å². The van der Waals surface area contributed by atoms with Gasteiger partial charge in [-0.2, -0.15) is 0 Å². The minimum atomic E-state index is -0.122. The van der Waals surface area contributed by atoms with E-state index in [1.165, 1.54) is 0 Å². The van der Waals surface area contributed by atoms with Crippen molar-refractivity contribution in [2.45, 2.75) is 6.42 Å². The maximum atomic E-state index is 12.3. The van der Waals surface area contributed by atoms with Crippen LogP contribution in [0, 0.1) is 0 Å². The van der Waals surface area contributed by atoms with Crippen LogP contribution in [0.25, 0.3) is 16.5 Å². The second-order valence-corrected chi connectivity index (χ2v) is 7.36. The molecule has 2 N–H and O–H groups in total. The minimum absolute atomic E-state index is 0.122. The summed E-state index contributed by atoms with van der Waals surface area (Å²) in [4.78, 5) is 12.3. The molecule has 3 rings (SSSR count). The molecule has 126 valence electrons. The molecule has 5 heteroatoms. The van der Waals surface area contributed by atoms with Crippen molar-refractivity contribution in [3.8, 4) is 0 Å². The van der Waals surface area contributed by atoms with Crippen LogP contribution in [0.4, 0.5) is 0 Å². The summed E-state index contributed by atoms with van der Waals surface area (Å²) in [6.45, 7) is 3.95. The zero-order chi connectivity index (χ0) is 17.8. The molecule has 0 radical (unpaired) electrons.